The van der Waals surface area contributed by atoms with Crippen LogP contribution in [0.4, 0.5) is 5.69 Å². The smallest absolute Gasteiger partial charge is 0.287 e. The maximum absolute atomic E-state index is 12.4. The van der Waals surface area contributed by atoms with Gasteiger partial charge in [0, 0.05) is 26.2 Å². The van der Waals surface area contributed by atoms with E-state index in [1.54, 1.807) is 7.05 Å². The van der Waals surface area contributed by atoms with E-state index >= 15 is 0 Å². The molecule has 1 fully saturated rings. The van der Waals surface area contributed by atoms with Gasteiger partial charge in [0.15, 0.2) is 0 Å². The lowest BCUT2D eigenvalue weighted by atomic mass is 10.1. The number of nitrogens with one attached hydrogen (secondary N) is 1. The van der Waals surface area contributed by atoms with Crippen LogP contribution in [0.5, 0.6) is 0 Å². The molecule has 1 aromatic carbocycles. The first-order valence-electron chi connectivity index (χ1n) is 8.42. The molecule has 0 radical (unpaired) electrons. The first-order valence-corrected chi connectivity index (χ1v) is 8.42. The third kappa shape index (κ3) is 4.06. The fraction of sp³-hybridized carbons (Fsp3) is 0.389. The van der Waals surface area contributed by atoms with E-state index in [4.69, 9.17) is 0 Å². The first kappa shape index (κ1) is 17.2. The van der Waals surface area contributed by atoms with Gasteiger partial charge >= 0.3 is 0 Å². The number of hydrogen-bond acceptors (Lipinski definition) is 4. The van der Waals surface area contributed by atoms with E-state index in [9.17, 15) is 14.9 Å². The molecule has 0 spiro atoms. The molecule has 0 unspecified atom stereocenters. The monoisotopic (exact) mass is 342 g/mol. The van der Waals surface area contributed by atoms with Crippen molar-refractivity contribution in [3.8, 4) is 0 Å². The molecular formula is C18H22N4O3. The zero-order valence-electron chi connectivity index (χ0n) is 14.3. The summed E-state index contributed by atoms with van der Waals surface area (Å²) in [5.41, 5.74) is 2.49. The summed E-state index contributed by atoms with van der Waals surface area (Å²) in [5.74, 6) is -0.313. The van der Waals surface area contributed by atoms with Gasteiger partial charge < -0.3 is 9.88 Å². The van der Waals surface area contributed by atoms with Gasteiger partial charge in [0.05, 0.1) is 11.1 Å². The van der Waals surface area contributed by atoms with Crippen molar-refractivity contribution < 1.29 is 9.72 Å². The molecule has 7 nitrogen and oxygen atoms in total. The van der Waals surface area contributed by atoms with Crippen LogP contribution in [0.2, 0.25) is 0 Å². The van der Waals surface area contributed by atoms with Gasteiger partial charge in [-0.05, 0) is 37.1 Å². The number of nitro groups is 1. The second kappa shape index (κ2) is 7.48. The number of aryl methyl sites for hydroxylation is 1. The van der Waals surface area contributed by atoms with Gasteiger partial charge in [-0.3, -0.25) is 19.8 Å². The molecule has 1 saturated heterocycles. The quantitative estimate of drug-likeness (QED) is 0.646. The maximum Gasteiger partial charge on any atom is 0.287 e. The third-order valence-corrected chi connectivity index (χ3v) is 4.58. The second-order valence-corrected chi connectivity index (χ2v) is 6.39. The molecular weight excluding hydrogens is 320 g/mol. The Bertz CT molecular complexity index is 778. The van der Waals surface area contributed by atoms with Crippen LogP contribution in [-0.2, 0) is 20.1 Å². The van der Waals surface area contributed by atoms with Crippen molar-refractivity contribution in [2.45, 2.75) is 25.9 Å². The highest BCUT2D eigenvalue weighted by Crippen LogP contribution is 2.17. The van der Waals surface area contributed by atoms with Crippen molar-refractivity contribution >= 4 is 11.6 Å². The predicted molar refractivity (Wildman–Crippen MR) is 94.2 cm³/mol. The Labute approximate surface area is 146 Å². The molecule has 1 aliphatic heterocycles. The highest BCUT2D eigenvalue weighted by molar-refractivity contribution is 5.93. The minimum Gasteiger partial charge on any atom is -0.347 e. The van der Waals surface area contributed by atoms with Gasteiger partial charge in [-0.15, -0.1) is 0 Å². The van der Waals surface area contributed by atoms with Crippen molar-refractivity contribution in [2.75, 3.05) is 13.1 Å². The van der Waals surface area contributed by atoms with Crippen LogP contribution in [0.15, 0.2) is 36.5 Å². The second-order valence-electron chi connectivity index (χ2n) is 6.39. The molecule has 0 atom stereocenters. The number of aromatic nitrogens is 1. The molecule has 1 aliphatic rings. The van der Waals surface area contributed by atoms with Gasteiger partial charge in [-0.25, -0.2) is 0 Å². The average molecular weight is 342 g/mol. The Morgan fingerprint density at radius 3 is 2.56 bits per heavy atom. The van der Waals surface area contributed by atoms with Gasteiger partial charge in [-0.2, -0.15) is 0 Å². The third-order valence-electron chi connectivity index (χ3n) is 4.58. The highest BCUT2D eigenvalue weighted by atomic mass is 16.6. The normalized spacial score (nSPS) is 14.6. The van der Waals surface area contributed by atoms with E-state index in [1.807, 2.05) is 18.2 Å². The topological polar surface area (TPSA) is 80.4 Å². The molecule has 0 bridgehead atoms. The molecule has 132 valence electrons. The molecule has 1 N–H and O–H groups in total. The number of rotatable bonds is 6. The number of likely N-dealkylation sites (tertiary alicyclic amines) is 1. The Morgan fingerprint density at radius 1 is 1.24 bits per heavy atom. The van der Waals surface area contributed by atoms with Crippen molar-refractivity contribution in [1.29, 1.82) is 0 Å². The summed E-state index contributed by atoms with van der Waals surface area (Å²) >= 11 is 0. The van der Waals surface area contributed by atoms with E-state index < -0.39 is 4.92 Å². The number of amides is 1. The number of carbonyl (C=O) groups excluding carboxylic acids is 1. The zero-order chi connectivity index (χ0) is 17.8. The van der Waals surface area contributed by atoms with Gasteiger partial charge in [0.1, 0.15) is 5.69 Å². The van der Waals surface area contributed by atoms with E-state index in [0.717, 1.165) is 25.2 Å². The number of nitrogens with zero attached hydrogens (tertiary/aromatic N) is 3. The molecule has 2 heterocycles. The lowest BCUT2D eigenvalue weighted by molar-refractivity contribution is -0.384. The van der Waals surface area contributed by atoms with Crippen LogP contribution in [-0.4, -0.2) is 33.4 Å². The van der Waals surface area contributed by atoms with E-state index in [1.165, 1.54) is 35.2 Å². The minimum atomic E-state index is -0.498. The van der Waals surface area contributed by atoms with Crippen LogP contribution in [0, 0.1) is 10.1 Å². The van der Waals surface area contributed by atoms with E-state index in [-0.39, 0.29) is 17.3 Å². The number of carbonyl (C=O) groups is 1. The van der Waals surface area contributed by atoms with Crippen LogP contribution in [0.1, 0.15) is 34.5 Å². The average Bonchev–Trinajstić information content (AvgIpc) is 3.23. The van der Waals surface area contributed by atoms with Crippen molar-refractivity contribution in [2.24, 2.45) is 7.05 Å². The zero-order valence-corrected chi connectivity index (χ0v) is 14.3. The van der Waals surface area contributed by atoms with Gasteiger partial charge in [-0.1, -0.05) is 24.3 Å². The molecule has 25 heavy (non-hydrogen) atoms. The molecule has 1 aromatic heterocycles. The SMILES string of the molecule is Cn1cc([N+](=O)[O-])cc1C(=O)NCc1ccccc1CN1CCCC1. The lowest BCUT2D eigenvalue weighted by Gasteiger charge is -2.17. The summed E-state index contributed by atoms with van der Waals surface area (Å²) in [6, 6.07) is 9.37. The molecule has 0 aliphatic carbocycles. The minimum absolute atomic E-state index is 0.0814. The summed E-state index contributed by atoms with van der Waals surface area (Å²) in [5, 5.41) is 13.7. The molecule has 0 saturated carbocycles. The first-order chi connectivity index (χ1) is 12.0. The summed E-state index contributed by atoms with van der Waals surface area (Å²) in [7, 11) is 1.63. The number of hydrogen-bond donors (Lipinski definition) is 1. The van der Waals surface area contributed by atoms with E-state index in [2.05, 4.69) is 16.3 Å². The number of benzene rings is 1. The van der Waals surface area contributed by atoms with Crippen molar-refractivity contribution in [3.05, 3.63) is 63.5 Å². The summed E-state index contributed by atoms with van der Waals surface area (Å²) in [6.45, 7) is 3.53. The van der Waals surface area contributed by atoms with Crippen LogP contribution >= 0.6 is 0 Å². The van der Waals surface area contributed by atoms with E-state index in [0.29, 0.717) is 6.54 Å². The lowest BCUT2D eigenvalue weighted by Crippen LogP contribution is -2.26. The Morgan fingerprint density at radius 2 is 1.92 bits per heavy atom. The Kier molecular flexibility index (Phi) is 5.14. The Hall–Kier alpha value is -2.67. The highest BCUT2D eigenvalue weighted by Gasteiger charge is 2.18. The molecule has 1 amide bonds. The summed E-state index contributed by atoms with van der Waals surface area (Å²) in [4.78, 5) is 25.1. The summed E-state index contributed by atoms with van der Waals surface area (Å²) < 4.78 is 1.48. The van der Waals surface area contributed by atoms with Crippen molar-refractivity contribution in [1.82, 2.24) is 14.8 Å². The standard InChI is InChI=1S/C18H22N4O3/c1-20-13-16(22(24)25)10-17(20)18(23)19-11-14-6-2-3-7-15(14)12-21-8-4-5-9-21/h2-3,6-7,10,13H,4-5,8-9,11-12H2,1H3,(H,19,23). The van der Waals surface area contributed by atoms with Gasteiger partial charge in [0.25, 0.3) is 11.6 Å². The Balaban J connectivity index is 1.67. The summed E-state index contributed by atoms with van der Waals surface area (Å²) in [6.07, 6.45) is 3.83. The maximum atomic E-state index is 12.4. The predicted octanol–water partition coefficient (Wildman–Crippen LogP) is 2.46. The van der Waals surface area contributed by atoms with Crippen LogP contribution in [0.3, 0.4) is 0 Å². The molecule has 2 aromatic rings. The molecule has 7 heteroatoms. The largest absolute Gasteiger partial charge is 0.347 e. The van der Waals surface area contributed by atoms with Crippen molar-refractivity contribution in [3.63, 3.8) is 0 Å². The fourth-order valence-electron chi connectivity index (χ4n) is 3.20. The van der Waals surface area contributed by atoms with Crippen LogP contribution in [0.25, 0.3) is 0 Å². The van der Waals surface area contributed by atoms with Gasteiger partial charge in [0.2, 0.25) is 0 Å². The fourth-order valence-corrected chi connectivity index (χ4v) is 3.20. The molecule has 3 rings (SSSR count). The van der Waals surface area contributed by atoms with Crippen LogP contribution < -0.4 is 5.32 Å².